The Hall–Kier alpha value is -1.12. The lowest BCUT2D eigenvalue weighted by Gasteiger charge is -2.23. The SMILES string of the molecule is CC1(CNc2cccnn2)CCCC1. The third-order valence-corrected chi connectivity index (χ3v) is 3.08. The van der Waals surface area contributed by atoms with E-state index in [0.29, 0.717) is 5.41 Å². The molecule has 1 aromatic heterocycles. The standard InChI is InChI=1S/C11H17N3/c1-11(6-2-3-7-11)9-12-10-5-4-8-13-14-10/h4-5,8H,2-3,6-7,9H2,1H3,(H,12,14). The highest BCUT2D eigenvalue weighted by Gasteiger charge is 2.28. The minimum Gasteiger partial charge on any atom is -0.368 e. The fourth-order valence-corrected chi connectivity index (χ4v) is 2.11. The lowest BCUT2D eigenvalue weighted by atomic mass is 9.89. The van der Waals surface area contributed by atoms with Crippen molar-refractivity contribution >= 4 is 5.82 Å². The summed E-state index contributed by atoms with van der Waals surface area (Å²) in [7, 11) is 0. The van der Waals surface area contributed by atoms with E-state index in [-0.39, 0.29) is 0 Å². The van der Waals surface area contributed by atoms with Gasteiger partial charge < -0.3 is 5.32 Å². The topological polar surface area (TPSA) is 37.8 Å². The molecule has 0 spiro atoms. The van der Waals surface area contributed by atoms with Gasteiger partial charge in [0, 0.05) is 12.7 Å². The smallest absolute Gasteiger partial charge is 0.148 e. The second kappa shape index (κ2) is 3.95. The molecule has 1 N–H and O–H groups in total. The lowest BCUT2D eigenvalue weighted by Crippen LogP contribution is -2.23. The van der Waals surface area contributed by atoms with E-state index in [1.165, 1.54) is 25.7 Å². The Balaban J connectivity index is 1.88. The summed E-state index contributed by atoms with van der Waals surface area (Å²) in [6.07, 6.45) is 7.11. The van der Waals surface area contributed by atoms with E-state index in [1.54, 1.807) is 6.20 Å². The molecule has 0 aliphatic heterocycles. The monoisotopic (exact) mass is 191 g/mol. The van der Waals surface area contributed by atoms with Crippen LogP contribution in [0.15, 0.2) is 18.3 Å². The zero-order chi connectivity index (χ0) is 9.86. The lowest BCUT2D eigenvalue weighted by molar-refractivity contribution is 0.361. The fourth-order valence-electron chi connectivity index (χ4n) is 2.11. The zero-order valence-electron chi connectivity index (χ0n) is 8.66. The van der Waals surface area contributed by atoms with E-state index in [2.05, 4.69) is 22.4 Å². The maximum atomic E-state index is 4.01. The molecule has 1 heterocycles. The van der Waals surface area contributed by atoms with Gasteiger partial charge in [0.05, 0.1) is 0 Å². The summed E-state index contributed by atoms with van der Waals surface area (Å²) in [6, 6.07) is 3.87. The van der Waals surface area contributed by atoms with Crippen LogP contribution in [0.1, 0.15) is 32.6 Å². The zero-order valence-corrected chi connectivity index (χ0v) is 8.66. The molecular formula is C11H17N3. The summed E-state index contributed by atoms with van der Waals surface area (Å²) in [5.74, 6) is 0.889. The predicted octanol–water partition coefficient (Wildman–Crippen LogP) is 2.47. The van der Waals surface area contributed by atoms with Gasteiger partial charge in [-0.3, -0.25) is 0 Å². The summed E-state index contributed by atoms with van der Waals surface area (Å²) in [5.41, 5.74) is 0.470. The highest BCUT2D eigenvalue weighted by molar-refractivity contribution is 5.31. The summed E-state index contributed by atoms with van der Waals surface area (Å²) >= 11 is 0. The van der Waals surface area contributed by atoms with E-state index in [4.69, 9.17) is 0 Å². The molecule has 0 aromatic carbocycles. The van der Waals surface area contributed by atoms with Gasteiger partial charge in [0.1, 0.15) is 5.82 Å². The van der Waals surface area contributed by atoms with E-state index in [1.807, 2.05) is 12.1 Å². The first-order chi connectivity index (χ1) is 6.79. The van der Waals surface area contributed by atoms with Crippen LogP contribution in [-0.4, -0.2) is 16.7 Å². The van der Waals surface area contributed by atoms with Gasteiger partial charge in [-0.25, -0.2) is 0 Å². The number of anilines is 1. The molecule has 3 heteroatoms. The Kier molecular flexibility index (Phi) is 2.66. The van der Waals surface area contributed by atoms with Gasteiger partial charge in [-0.2, -0.15) is 5.10 Å². The van der Waals surface area contributed by atoms with Gasteiger partial charge in [0.2, 0.25) is 0 Å². The molecule has 3 nitrogen and oxygen atoms in total. The normalized spacial score (nSPS) is 19.5. The molecule has 1 saturated carbocycles. The molecule has 1 aliphatic rings. The Labute approximate surface area is 84.9 Å². The molecule has 0 amide bonds. The molecule has 0 bridgehead atoms. The average Bonchev–Trinajstić information content (AvgIpc) is 2.65. The molecule has 0 radical (unpaired) electrons. The van der Waals surface area contributed by atoms with Crippen LogP contribution in [0.4, 0.5) is 5.82 Å². The number of nitrogens with zero attached hydrogens (tertiary/aromatic N) is 2. The Morgan fingerprint density at radius 3 is 2.86 bits per heavy atom. The first-order valence-corrected chi connectivity index (χ1v) is 5.30. The molecule has 14 heavy (non-hydrogen) atoms. The second-order valence-corrected chi connectivity index (χ2v) is 4.48. The highest BCUT2D eigenvalue weighted by atomic mass is 15.2. The number of hydrogen-bond acceptors (Lipinski definition) is 3. The Morgan fingerprint density at radius 2 is 2.21 bits per heavy atom. The molecule has 2 rings (SSSR count). The van der Waals surface area contributed by atoms with Crippen LogP contribution in [0.2, 0.25) is 0 Å². The number of aromatic nitrogens is 2. The highest BCUT2D eigenvalue weighted by Crippen LogP contribution is 2.37. The van der Waals surface area contributed by atoms with Crippen LogP contribution in [0.3, 0.4) is 0 Å². The molecular weight excluding hydrogens is 174 g/mol. The van der Waals surface area contributed by atoms with Gasteiger partial charge in [-0.1, -0.05) is 19.8 Å². The van der Waals surface area contributed by atoms with Crippen LogP contribution in [0.5, 0.6) is 0 Å². The van der Waals surface area contributed by atoms with Gasteiger partial charge in [-0.05, 0) is 30.4 Å². The van der Waals surface area contributed by atoms with Crippen LogP contribution in [0.25, 0.3) is 0 Å². The number of hydrogen-bond donors (Lipinski definition) is 1. The molecule has 0 unspecified atom stereocenters. The van der Waals surface area contributed by atoms with Gasteiger partial charge in [0.25, 0.3) is 0 Å². The Bertz CT molecular complexity index is 278. The minimum atomic E-state index is 0.470. The largest absolute Gasteiger partial charge is 0.368 e. The van der Waals surface area contributed by atoms with Crippen molar-refractivity contribution in [2.75, 3.05) is 11.9 Å². The molecule has 0 atom stereocenters. The van der Waals surface area contributed by atoms with E-state index >= 15 is 0 Å². The van der Waals surface area contributed by atoms with Crippen molar-refractivity contribution in [3.05, 3.63) is 18.3 Å². The summed E-state index contributed by atoms with van der Waals surface area (Å²) in [4.78, 5) is 0. The van der Waals surface area contributed by atoms with E-state index in [0.717, 1.165) is 12.4 Å². The van der Waals surface area contributed by atoms with Crippen molar-refractivity contribution in [3.63, 3.8) is 0 Å². The van der Waals surface area contributed by atoms with Crippen molar-refractivity contribution < 1.29 is 0 Å². The molecule has 76 valence electrons. The van der Waals surface area contributed by atoms with Crippen molar-refractivity contribution in [1.82, 2.24) is 10.2 Å². The minimum absolute atomic E-state index is 0.470. The summed E-state index contributed by atoms with van der Waals surface area (Å²) < 4.78 is 0. The summed E-state index contributed by atoms with van der Waals surface area (Å²) in [5, 5.41) is 11.2. The quantitative estimate of drug-likeness (QED) is 0.797. The second-order valence-electron chi connectivity index (χ2n) is 4.48. The number of nitrogens with one attached hydrogen (secondary N) is 1. The Morgan fingerprint density at radius 1 is 1.43 bits per heavy atom. The van der Waals surface area contributed by atoms with Gasteiger partial charge in [-0.15, -0.1) is 5.10 Å². The van der Waals surface area contributed by atoms with Crippen LogP contribution >= 0.6 is 0 Å². The number of rotatable bonds is 3. The van der Waals surface area contributed by atoms with E-state index in [9.17, 15) is 0 Å². The first-order valence-electron chi connectivity index (χ1n) is 5.30. The van der Waals surface area contributed by atoms with Crippen molar-refractivity contribution in [3.8, 4) is 0 Å². The maximum absolute atomic E-state index is 4.01. The third-order valence-electron chi connectivity index (χ3n) is 3.08. The third kappa shape index (κ3) is 2.22. The molecule has 0 saturated heterocycles. The van der Waals surface area contributed by atoms with Crippen molar-refractivity contribution in [2.45, 2.75) is 32.6 Å². The maximum Gasteiger partial charge on any atom is 0.148 e. The van der Waals surface area contributed by atoms with Crippen molar-refractivity contribution in [2.24, 2.45) is 5.41 Å². The molecule has 1 aromatic rings. The molecule has 1 fully saturated rings. The van der Waals surface area contributed by atoms with Crippen molar-refractivity contribution in [1.29, 1.82) is 0 Å². The van der Waals surface area contributed by atoms with Gasteiger partial charge in [0.15, 0.2) is 0 Å². The van der Waals surface area contributed by atoms with Crippen LogP contribution < -0.4 is 5.32 Å². The first kappa shape index (κ1) is 9.44. The fraction of sp³-hybridized carbons (Fsp3) is 0.636. The average molecular weight is 191 g/mol. The van der Waals surface area contributed by atoms with Gasteiger partial charge >= 0.3 is 0 Å². The molecule has 1 aliphatic carbocycles. The predicted molar refractivity (Wildman–Crippen MR) is 57.1 cm³/mol. The summed E-state index contributed by atoms with van der Waals surface area (Å²) in [6.45, 7) is 3.37. The van der Waals surface area contributed by atoms with E-state index < -0.39 is 0 Å². The van der Waals surface area contributed by atoms with Crippen LogP contribution in [0, 0.1) is 5.41 Å². The van der Waals surface area contributed by atoms with Crippen LogP contribution in [-0.2, 0) is 0 Å².